The van der Waals surface area contributed by atoms with Crippen LogP contribution < -0.4 is 0 Å². The second-order valence-corrected chi connectivity index (χ2v) is 6.19. The molecule has 3 atom stereocenters. The SMILES string of the molecule is CC(C)CCOC(C)C(=O)N1CCC(C(=O)O)C(C)C1. The topological polar surface area (TPSA) is 66.8 Å². The molecule has 116 valence electrons. The van der Waals surface area contributed by atoms with Gasteiger partial charge in [0.15, 0.2) is 0 Å². The molecule has 1 aliphatic rings. The minimum absolute atomic E-state index is 0.00642. The van der Waals surface area contributed by atoms with Crippen LogP contribution in [0.2, 0.25) is 0 Å². The van der Waals surface area contributed by atoms with E-state index in [1.807, 2.05) is 6.92 Å². The lowest BCUT2D eigenvalue weighted by Crippen LogP contribution is -2.48. The highest BCUT2D eigenvalue weighted by Crippen LogP contribution is 2.24. The number of ether oxygens (including phenoxy) is 1. The molecule has 1 aliphatic heterocycles. The predicted octanol–water partition coefficient (Wildman–Crippen LogP) is 2.01. The van der Waals surface area contributed by atoms with Gasteiger partial charge in [0.2, 0.25) is 0 Å². The number of aliphatic carboxylic acids is 1. The van der Waals surface area contributed by atoms with Gasteiger partial charge in [-0.2, -0.15) is 0 Å². The molecular weight excluding hydrogens is 258 g/mol. The molecule has 0 aromatic heterocycles. The van der Waals surface area contributed by atoms with E-state index in [0.29, 0.717) is 32.0 Å². The summed E-state index contributed by atoms with van der Waals surface area (Å²) in [5.74, 6) is -0.566. The molecule has 0 aliphatic carbocycles. The first kappa shape index (κ1) is 17.0. The molecule has 1 heterocycles. The van der Waals surface area contributed by atoms with Crippen LogP contribution >= 0.6 is 0 Å². The maximum absolute atomic E-state index is 12.2. The van der Waals surface area contributed by atoms with Gasteiger partial charge in [0.05, 0.1) is 5.92 Å². The van der Waals surface area contributed by atoms with Gasteiger partial charge < -0.3 is 14.7 Å². The number of carboxylic acids is 1. The zero-order chi connectivity index (χ0) is 15.3. The average molecular weight is 285 g/mol. The fourth-order valence-corrected chi connectivity index (χ4v) is 2.52. The molecule has 1 fully saturated rings. The van der Waals surface area contributed by atoms with E-state index in [1.54, 1.807) is 11.8 Å². The van der Waals surface area contributed by atoms with E-state index in [4.69, 9.17) is 9.84 Å². The van der Waals surface area contributed by atoms with Crippen LogP contribution in [0.5, 0.6) is 0 Å². The molecule has 0 aromatic rings. The summed E-state index contributed by atoms with van der Waals surface area (Å²) in [4.78, 5) is 25.0. The second kappa shape index (κ2) is 7.62. The van der Waals surface area contributed by atoms with Gasteiger partial charge in [-0.15, -0.1) is 0 Å². The monoisotopic (exact) mass is 285 g/mol. The zero-order valence-electron chi connectivity index (χ0n) is 13.0. The fraction of sp³-hybridized carbons (Fsp3) is 0.867. The van der Waals surface area contributed by atoms with E-state index in [2.05, 4.69) is 13.8 Å². The molecule has 5 heteroatoms. The summed E-state index contributed by atoms with van der Waals surface area (Å²) in [5.41, 5.74) is 0. The minimum atomic E-state index is -0.758. The van der Waals surface area contributed by atoms with Crippen LogP contribution in [0, 0.1) is 17.8 Å². The number of carbonyl (C=O) groups excluding carboxylic acids is 1. The zero-order valence-corrected chi connectivity index (χ0v) is 13.0. The lowest BCUT2D eigenvalue weighted by molar-refractivity contribution is -0.152. The smallest absolute Gasteiger partial charge is 0.306 e. The molecule has 0 radical (unpaired) electrons. The van der Waals surface area contributed by atoms with Crippen LogP contribution in [-0.2, 0) is 14.3 Å². The van der Waals surface area contributed by atoms with E-state index in [0.717, 1.165) is 6.42 Å². The Morgan fingerprint density at radius 2 is 2.00 bits per heavy atom. The van der Waals surface area contributed by atoms with Gasteiger partial charge >= 0.3 is 5.97 Å². The third kappa shape index (κ3) is 4.78. The van der Waals surface area contributed by atoms with Crippen molar-refractivity contribution >= 4 is 11.9 Å². The largest absolute Gasteiger partial charge is 0.481 e. The Bertz CT molecular complexity index is 343. The van der Waals surface area contributed by atoms with Crippen molar-refractivity contribution in [2.45, 2.75) is 46.6 Å². The third-order valence-corrected chi connectivity index (χ3v) is 3.94. The highest BCUT2D eigenvalue weighted by atomic mass is 16.5. The fourth-order valence-electron chi connectivity index (χ4n) is 2.52. The molecular formula is C15H27NO4. The standard InChI is InChI=1S/C15H27NO4/c1-10(2)6-8-20-12(4)14(17)16-7-5-13(15(18)19)11(3)9-16/h10-13H,5-9H2,1-4H3,(H,18,19). The van der Waals surface area contributed by atoms with E-state index in [1.165, 1.54) is 0 Å². The maximum Gasteiger partial charge on any atom is 0.306 e. The molecule has 1 saturated heterocycles. The maximum atomic E-state index is 12.2. The summed E-state index contributed by atoms with van der Waals surface area (Å²) in [6, 6.07) is 0. The summed E-state index contributed by atoms with van der Waals surface area (Å²) in [6.07, 6.45) is 1.03. The van der Waals surface area contributed by atoms with Gasteiger partial charge in [0, 0.05) is 19.7 Å². The number of carboxylic acid groups (broad SMARTS) is 1. The number of likely N-dealkylation sites (tertiary alicyclic amines) is 1. The molecule has 1 amide bonds. The predicted molar refractivity (Wildman–Crippen MR) is 76.4 cm³/mol. The molecule has 0 saturated carbocycles. The number of carbonyl (C=O) groups is 2. The first-order valence-corrected chi connectivity index (χ1v) is 7.46. The van der Waals surface area contributed by atoms with Gasteiger partial charge in [0.25, 0.3) is 5.91 Å². The van der Waals surface area contributed by atoms with Crippen LogP contribution in [0.15, 0.2) is 0 Å². The van der Waals surface area contributed by atoms with Crippen molar-refractivity contribution in [2.24, 2.45) is 17.8 Å². The summed E-state index contributed by atoms with van der Waals surface area (Å²) in [5, 5.41) is 9.08. The molecule has 1 N–H and O–H groups in total. The van der Waals surface area contributed by atoms with Gasteiger partial charge in [-0.3, -0.25) is 9.59 Å². The molecule has 0 spiro atoms. The number of rotatable bonds is 6. The van der Waals surface area contributed by atoms with Crippen molar-refractivity contribution in [3.63, 3.8) is 0 Å². The van der Waals surface area contributed by atoms with E-state index in [9.17, 15) is 9.59 Å². The Kier molecular flexibility index (Phi) is 6.46. The highest BCUT2D eigenvalue weighted by Gasteiger charge is 2.34. The van der Waals surface area contributed by atoms with Crippen molar-refractivity contribution in [1.82, 2.24) is 4.90 Å². The number of hydrogen-bond acceptors (Lipinski definition) is 3. The number of piperidine rings is 1. The molecule has 1 rings (SSSR count). The van der Waals surface area contributed by atoms with Crippen molar-refractivity contribution in [3.05, 3.63) is 0 Å². The van der Waals surface area contributed by atoms with Crippen LogP contribution in [0.1, 0.15) is 40.5 Å². The van der Waals surface area contributed by atoms with Crippen molar-refractivity contribution in [3.8, 4) is 0 Å². The summed E-state index contributed by atoms with van der Waals surface area (Å²) >= 11 is 0. The van der Waals surface area contributed by atoms with Crippen LogP contribution in [-0.4, -0.2) is 47.7 Å². The van der Waals surface area contributed by atoms with E-state index >= 15 is 0 Å². The molecule has 20 heavy (non-hydrogen) atoms. The van der Waals surface area contributed by atoms with Crippen molar-refractivity contribution in [1.29, 1.82) is 0 Å². The number of hydrogen-bond donors (Lipinski definition) is 1. The lowest BCUT2D eigenvalue weighted by Gasteiger charge is -2.36. The normalized spacial score (nSPS) is 24.8. The molecule has 3 unspecified atom stereocenters. The van der Waals surface area contributed by atoms with Crippen LogP contribution in [0.25, 0.3) is 0 Å². The second-order valence-electron chi connectivity index (χ2n) is 6.19. The third-order valence-electron chi connectivity index (χ3n) is 3.94. The molecule has 5 nitrogen and oxygen atoms in total. The Hall–Kier alpha value is -1.10. The van der Waals surface area contributed by atoms with Crippen LogP contribution in [0.4, 0.5) is 0 Å². The van der Waals surface area contributed by atoms with E-state index in [-0.39, 0.29) is 17.7 Å². The van der Waals surface area contributed by atoms with Gasteiger partial charge in [-0.1, -0.05) is 20.8 Å². The molecule has 0 bridgehead atoms. The number of nitrogens with zero attached hydrogens (tertiary/aromatic N) is 1. The Morgan fingerprint density at radius 3 is 2.50 bits per heavy atom. The molecule has 0 aromatic carbocycles. The van der Waals surface area contributed by atoms with Crippen molar-refractivity contribution in [2.75, 3.05) is 19.7 Å². The highest BCUT2D eigenvalue weighted by molar-refractivity contribution is 5.81. The van der Waals surface area contributed by atoms with Crippen molar-refractivity contribution < 1.29 is 19.4 Å². The Balaban J connectivity index is 2.42. The van der Waals surface area contributed by atoms with E-state index < -0.39 is 12.1 Å². The number of amides is 1. The summed E-state index contributed by atoms with van der Waals surface area (Å²) < 4.78 is 5.57. The van der Waals surface area contributed by atoms with Gasteiger partial charge in [0.1, 0.15) is 6.10 Å². The average Bonchev–Trinajstić information content (AvgIpc) is 2.36. The van der Waals surface area contributed by atoms with Gasteiger partial charge in [-0.05, 0) is 31.6 Å². The summed E-state index contributed by atoms with van der Waals surface area (Å²) in [7, 11) is 0. The Morgan fingerprint density at radius 1 is 1.35 bits per heavy atom. The summed E-state index contributed by atoms with van der Waals surface area (Å²) in [6.45, 7) is 9.51. The minimum Gasteiger partial charge on any atom is -0.481 e. The quantitative estimate of drug-likeness (QED) is 0.810. The first-order chi connectivity index (χ1) is 9.32. The van der Waals surface area contributed by atoms with Crippen LogP contribution in [0.3, 0.4) is 0 Å². The first-order valence-electron chi connectivity index (χ1n) is 7.46. The Labute approximate surface area is 121 Å². The van der Waals surface area contributed by atoms with Gasteiger partial charge in [-0.25, -0.2) is 0 Å². The lowest BCUT2D eigenvalue weighted by atomic mass is 9.87.